The molecule has 110 valence electrons. The van der Waals surface area contributed by atoms with Crippen molar-refractivity contribution >= 4 is 11.8 Å². The van der Waals surface area contributed by atoms with Gasteiger partial charge in [0.2, 0.25) is 5.78 Å². The highest BCUT2D eigenvalue weighted by Gasteiger charge is 2.31. The molecular formula is C17H19NO3. The second-order valence-electron chi connectivity index (χ2n) is 4.67. The summed E-state index contributed by atoms with van der Waals surface area (Å²) in [5.74, 6) is -1.37. The van der Waals surface area contributed by atoms with Gasteiger partial charge in [-0.05, 0) is 18.6 Å². The quantitative estimate of drug-likeness (QED) is 0.880. The van der Waals surface area contributed by atoms with Crippen molar-refractivity contribution in [2.24, 2.45) is 0 Å². The summed E-state index contributed by atoms with van der Waals surface area (Å²) in [6, 6.07) is 12.5. The summed E-state index contributed by atoms with van der Waals surface area (Å²) < 4.78 is 1.83. The number of rotatable bonds is 3. The number of benzene rings is 1. The highest BCUT2D eigenvalue weighted by atomic mass is 16.4. The standard InChI is InChI=1S/C15H13NO3.C2H6/c17-14(10-4-2-1-3-5-10)13-7-6-12-11(15(18)19)8-9-16(12)13;1-2/h1-7,11H,8-9H2,(H,18,19);1-2H3. The molecule has 1 aliphatic heterocycles. The Morgan fingerprint density at radius 3 is 2.38 bits per heavy atom. The molecule has 4 heteroatoms. The van der Waals surface area contributed by atoms with Gasteiger partial charge in [-0.3, -0.25) is 9.59 Å². The number of carbonyl (C=O) groups excluding carboxylic acids is 1. The normalized spacial score (nSPS) is 15.8. The van der Waals surface area contributed by atoms with Crippen molar-refractivity contribution in [3.63, 3.8) is 0 Å². The van der Waals surface area contributed by atoms with E-state index >= 15 is 0 Å². The second kappa shape index (κ2) is 6.39. The predicted octanol–water partition coefficient (Wildman–Crippen LogP) is 3.32. The van der Waals surface area contributed by atoms with E-state index in [1.165, 1.54) is 0 Å². The van der Waals surface area contributed by atoms with Crippen LogP contribution in [0.15, 0.2) is 42.5 Å². The molecule has 0 amide bonds. The van der Waals surface area contributed by atoms with Crippen LogP contribution in [-0.2, 0) is 11.3 Å². The number of hydrogen-bond acceptors (Lipinski definition) is 2. The highest BCUT2D eigenvalue weighted by molar-refractivity contribution is 6.08. The van der Waals surface area contributed by atoms with Crippen LogP contribution < -0.4 is 0 Å². The topological polar surface area (TPSA) is 59.3 Å². The van der Waals surface area contributed by atoms with Gasteiger partial charge < -0.3 is 9.67 Å². The van der Waals surface area contributed by atoms with Crippen molar-refractivity contribution in [2.75, 3.05) is 0 Å². The van der Waals surface area contributed by atoms with Crippen LogP contribution in [0, 0.1) is 0 Å². The molecule has 0 saturated heterocycles. The summed E-state index contributed by atoms with van der Waals surface area (Å²) in [7, 11) is 0. The minimum absolute atomic E-state index is 0.0575. The summed E-state index contributed by atoms with van der Waals surface area (Å²) in [4.78, 5) is 23.5. The van der Waals surface area contributed by atoms with E-state index in [0.717, 1.165) is 5.69 Å². The molecule has 0 bridgehead atoms. The Hall–Kier alpha value is -2.36. The van der Waals surface area contributed by atoms with Crippen LogP contribution in [0.5, 0.6) is 0 Å². The van der Waals surface area contributed by atoms with E-state index in [2.05, 4.69) is 0 Å². The van der Waals surface area contributed by atoms with Crippen molar-refractivity contribution < 1.29 is 14.7 Å². The van der Waals surface area contributed by atoms with Gasteiger partial charge in [-0.2, -0.15) is 0 Å². The fraction of sp³-hybridized carbons (Fsp3) is 0.294. The Bertz CT molecular complexity index is 643. The highest BCUT2D eigenvalue weighted by Crippen LogP contribution is 2.31. The molecule has 2 heterocycles. The Labute approximate surface area is 124 Å². The number of nitrogens with zero attached hydrogens (tertiary/aromatic N) is 1. The molecule has 1 aromatic heterocycles. The maximum absolute atomic E-state index is 12.4. The number of carbonyl (C=O) groups is 2. The third-order valence-electron chi connectivity index (χ3n) is 3.58. The van der Waals surface area contributed by atoms with E-state index in [1.54, 1.807) is 24.3 Å². The zero-order valence-electron chi connectivity index (χ0n) is 12.2. The summed E-state index contributed by atoms with van der Waals surface area (Å²) in [5.41, 5.74) is 1.93. The first-order valence-corrected chi connectivity index (χ1v) is 7.20. The third kappa shape index (κ3) is 2.75. The summed E-state index contributed by atoms with van der Waals surface area (Å²) in [6.07, 6.45) is 0.556. The molecule has 1 aromatic carbocycles. The molecule has 0 radical (unpaired) electrons. The van der Waals surface area contributed by atoms with Crippen LogP contribution in [0.2, 0.25) is 0 Å². The monoisotopic (exact) mass is 285 g/mol. The van der Waals surface area contributed by atoms with Gasteiger partial charge in [0.25, 0.3) is 0 Å². The Morgan fingerprint density at radius 1 is 1.10 bits per heavy atom. The van der Waals surface area contributed by atoms with Gasteiger partial charge in [0.15, 0.2) is 0 Å². The number of carboxylic acid groups (broad SMARTS) is 1. The molecule has 0 saturated carbocycles. The average molecular weight is 285 g/mol. The SMILES string of the molecule is CC.O=C(c1ccccc1)c1ccc2n1CCC2C(=O)O. The number of carboxylic acids is 1. The van der Waals surface area contributed by atoms with Crippen molar-refractivity contribution in [1.82, 2.24) is 4.57 Å². The van der Waals surface area contributed by atoms with E-state index in [-0.39, 0.29) is 5.78 Å². The average Bonchev–Trinajstić information content (AvgIpc) is 3.10. The van der Waals surface area contributed by atoms with Crippen LogP contribution in [0.25, 0.3) is 0 Å². The fourth-order valence-corrected chi connectivity index (χ4v) is 2.63. The van der Waals surface area contributed by atoms with Gasteiger partial charge in [-0.15, -0.1) is 0 Å². The van der Waals surface area contributed by atoms with Gasteiger partial charge in [0, 0.05) is 17.8 Å². The second-order valence-corrected chi connectivity index (χ2v) is 4.67. The van der Waals surface area contributed by atoms with Crippen LogP contribution >= 0.6 is 0 Å². The Kier molecular flexibility index (Phi) is 4.58. The first-order valence-electron chi connectivity index (χ1n) is 7.20. The molecule has 0 fully saturated rings. The third-order valence-corrected chi connectivity index (χ3v) is 3.58. The summed E-state index contributed by atoms with van der Waals surface area (Å²) in [6.45, 7) is 4.59. The molecular weight excluding hydrogens is 266 g/mol. The molecule has 1 atom stereocenters. The van der Waals surface area contributed by atoms with E-state index in [1.807, 2.05) is 36.6 Å². The van der Waals surface area contributed by atoms with Gasteiger partial charge in [-0.1, -0.05) is 44.2 Å². The zero-order chi connectivity index (χ0) is 15.4. The molecule has 2 aromatic rings. The lowest BCUT2D eigenvalue weighted by Crippen LogP contribution is -2.09. The molecule has 0 spiro atoms. The van der Waals surface area contributed by atoms with Crippen LogP contribution in [0.4, 0.5) is 0 Å². The van der Waals surface area contributed by atoms with Gasteiger partial charge in [0.05, 0.1) is 11.6 Å². The number of aliphatic carboxylic acids is 1. The van der Waals surface area contributed by atoms with E-state index in [4.69, 9.17) is 5.11 Å². The van der Waals surface area contributed by atoms with Gasteiger partial charge in [0.1, 0.15) is 0 Å². The van der Waals surface area contributed by atoms with Crippen molar-refractivity contribution in [1.29, 1.82) is 0 Å². The smallest absolute Gasteiger partial charge is 0.312 e. The van der Waals surface area contributed by atoms with Crippen molar-refractivity contribution in [3.8, 4) is 0 Å². The molecule has 1 aliphatic rings. The number of ketones is 1. The summed E-state index contributed by atoms with van der Waals surface area (Å²) in [5, 5.41) is 9.13. The lowest BCUT2D eigenvalue weighted by molar-refractivity contribution is -0.138. The van der Waals surface area contributed by atoms with Gasteiger partial charge >= 0.3 is 5.97 Å². The molecule has 1 unspecified atom stereocenters. The Balaban J connectivity index is 0.000000774. The number of aromatic nitrogens is 1. The van der Waals surface area contributed by atoms with E-state index in [9.17, 15) is 9.59 Å². The van der Waals surface area contributed by atoms with E-state index < -0.39 is 11.9 Å². The molecule has 0 aliphatic carbocycles. The van der Waals surface area contributed by atoms with E-state index in [0.29, 0.717) is 24.2 Å². The molecule has 21 heavy (non-hydrogen) atoms. The number of fused-ring (bicyclic) bond motifs is 1. The fourth-order valence-electron chi connectivity index (χ4n) is 2.63. The van der Waals surface area contributed by atoms with Crippen molar-refractivity contribution in [2.45, 2.75) is 32.7 Å². The maximum Gasteiger partial charge on any atom is 0.312 e. The van der Waals surface area contributed by atoms with Crippen LogP contribution in [-0.4, -0.2) is 21.4 Å². The summed E-state index contributed by atoms with van der Waals surface area (Å²) >= 11 is 0. The minimum atomic E-state index is -0.824. The van der Waals surface area contributed by atoms with Crippen molar-refractivity contribution in [3.05, 3.63) is 59.4 Å². The van der Waals surface area contributed by atoms with Crippen LogP contribution in [0.3, 0.4) is 0 Å². The predicted molar refractivity (Wildman–Crippen MR) is 80.6 cm³/mol. The minimum Gasteiger partial charge on any atom is -0.481 e. The first-order chi connectivity index (χ1) is 10.2. The van der Waals surface area contributed by atoms with Crippen LogP contribution in [0.1, 0.15) is 47.9 Å². The zero-order valence-corrected chi connectivity index (χ0v) is 12.2. The lowest BCUT2D eigenvalue weighted by atomic mass is 10.1. The Morgan fingerprint density at radius 2 is 1.76 bits per heavy atom. The van der Waals surface area contributed by atoms with Gasteiger partial charge in [-0.25, -0.2) is 0 Å². The lowest BCUT2D eigenvalue weighted by Gasteiger charge is -2.05. The largest absolute Gasteiger partial charge is 0.481 e. The maximum atomic E-state index is 12.4. The first kappa shape index (κ1) is 15.0. The molecule has 3 rings (SSSR count). The molecule has 1 N–H and O–H groups in total. The number of hydrogen-bond donors (Lipinski definition) is 1. The molecule has 4 nitrogen and oxygen atoms in total.